The van der Waals surface area contributed by atoms with Crippen molar-refractivity contribution < 1.29 is 14.3 Å². The van der Waals surface area contributed by atoms with Gasteiger partial charge in [-0.25, -0.2) is 4.79 Å². The standard InChI is InChI=1S/C26H30O3/c1-25-14-12-19(27)16-18(25)8-9-20-21-10-11-23(26(21,2)15-13-22(20)25)29-24(28)17-6-4-3-5-7-17/h3-7,12,14,16,20-23H,8-11,13,15H2,1-2H3/t20-,21-,22-,23-,25+,26+/m1/s1. The first kappa shape index (κ1) is 18.8. The molecule has 4 aliphatic carbocycles. The van der Waals surface area contributed by atoms with E-state index in [0.717, 1.165) is 38.5 Å². The lowest BCUT2D eigenvalue weighted by molar-refractivity contribution is -0.111. The largest absolute Gasteiger partial charge is 0.458 e. The molecule has 6 atom stereocenters. The Morgan fingerprint density at radius 1 is 1.03 bits per heavy atom. The Bertz CT molecular complexity index is 898. The molecule has 1 aromatic rings. The first-order valence-corrected chi connectivity index (χ1v) is 11.1. The van der Waals surface area contributed by atoms with Gasteiger partial charge in [-0.2, -0.15) is 0 Å². The van der Waals surface area contributed by atoms with E-state index in [1.165, 1.54) is 5.57 Å². The van der Waals surface area contributed by atoms with E-state index in [2.05, 4.69) is 19.9 Å². The minimum atomic E-state index is -0.186. The zero-order valence-corrected chi connectivity index (χ0v) is 17.4. The molecule has 0 amide bonds. The number of carbonyl (C=O) groups excluding carboxylic acids is 2. The molecule has 0 aromatic heterocycles. The fourth-order valence-corrected chi connectivity index (χ4v) is 7.11. The zero-order chi connectivity index (χ0) is 20.2. The molecular weight excluding hydrogens is 360 g/mol. The fraction of sp³-hybridized carbons (Fsp3) is 0.538. The van der Waals surface area contributed by atoms with Crippen molar-refractivity contribution in [3.63, 3.8) is 0 Å². The number of ketones is 1. The molecule has 0 N–H and O–H groups in total. The second kappa shape index (κ2) is 6.68. The third kappa shape index (κ3) is 2.85. The van der Waals surface area contributed by atoms with Crippen LogP contribution in [-0.2, 0) is 9.53 Å². The number of allylic oxidation sites excluding steroid dienone is 4. The normalized spacial score (nSPS) is 40.5. The number of hydrogen-bond acceptors (Lipinski definition) is 3. The van der Waals surface area contributed by atoms with Gasteiger partial charge in [-0.1, -0.05) is 43.7 Å². The van der Waals surface area contributed by atoms with Crippen molar-refractivity contribution >= 4 is 11.8 Å². The fourth-order valence-electron chi connectivity index (χ4n) is 7.11. The summed E-state index contributed by atoms with van der Waals surface area (Å²) in [6.07, 6.45) is 12.4. The molecule has 0 unspecified atom stereocenters. The first-order valence-electron chi connectivity index (χ1n) is 11.1. The molecule has 1 aromatic carbocycles. The van der Waals surface area contributed by atoms with Crippen molar-refractivity contribution in [2.24, 2.45) is 28.6 Å². The van der Waals surface area contributed by atoms with Crippen LogP contribution in [0.25, 0.3) is 0 Å². The van der Waals surface area contributed by atoms with Gasteiger partial charge in [0.05, 0.1) is 5.56 Å². The Hall–Kier alpha value is -2.16. The maximum atomic E-state index is 12.7. The molecular formula is C26H30O3. The molecule has 0 aliphatic heterocycles. The van der Waals surface area contributed by atoms with Gasteiger partial charge in [0, 0.05) is 10.8 Å². The van der Waals surface area contributed by atoms with Crippen LogP contribution in [0.5, 0.6) is 0 Å². The van der Waals surface area contributed by atoms with Gasteiger partial charge in [-0.3, -0.25) is 4.79 Å². The average molecular weight is 391 g/mol. The van der Waals surface area contributed by atoms with E-state index in [4.69, 9.17) is 4.74 Å². The summed E-state index contributed by atoms with van der Waals surface area (Å²) in [6, 6.07) is 9.36. The van der Waals surface area contributed by atoms with Crippen LogP contribution in [0.2, 0.25) is 0 Å². The third-order valence-corrected chi connectivity index (χ3v) is 8.73. The van der Waals surface area contributed by atoms with Crippen LogP contribution in [0, 0.1) is 28.6 Å². The van der Waals surface area contributed by atoms with Gasteiger partial charge in [0.2, 0.25) is 0 Å². The van der Waals surface area contributed by atoms with E-state index < -0.39 is 0 Å². The highest BCUT2D eigenvalue weighted by atomic mass is 16.5. The maximum Gasteiger partial charge on any atom is 0.338 e. The van der Waals surface area contributed by atoms with Crippen molar-refractivity contribution in [3.8, 4) is 0 Å². The molecule has 0 bridgehead atoms. The van der Waals surface area contributed by atoms with Crippen LogP contribution in [0.3, 0.4) is 0 Å². The van der Waals surface area contributed by atoms with Crippen molar-refractivity contribution in [1.29, 1.82) is 0 Å². The van der Waals surface area contributed by atoms with E-state index in [-0.39, 0.29) is 28.7 Å². The molecule has 29 heavy (non-hydrogen) atoms. The summed E-state index contributed by atoms with van der Waals surface area (Å²) in [6.45, 7) is 4.70. The Morgan fingerprint density at radius 3 is 2.62 bits per heavy atom. The summed E-state index contributed by atoms with van der Waals surface area (Å²) in [5.74, 6) is 1.79. The topological polar surface area (TPSA) is 43.4 Å². The number of benzene rings is 1. The van der Waals surface area contributed by atoms with Crippen LogP contribution in [0.15, 0.2) is 54.1 Å². The van der Waals surface area contributed by atoms with Crippen LogP contribution in [-0.4, -0.2) is 17.9 Å². The summed E-state index contributed by atoms with van der Waals surface area (Å²) >= 11 is 0. The molecule has 4 aliphatic rings. The summed E-state index contributed by atoms with van der Waals surface area (Å²) in [4.78, 5) is 24.6. The van der Waals surface area contributed by atoms with Gasteiger partial charge < -0.3 is 4.74 Å². The van der Waals surface area contributed by atoms with Crippen molar-refractivity contribution in [3.05, 3.63) is 59.7 Å². The third-order valence-electron chi connectivity index (χ3n) is 8.73. The number of rotatable bonds is 2. The van der Waals surface area contributed by atoms with E-state index in [0.29, 0.717) is 23.3 Å². The number of ether oxygens (including phenoxy) is 1. The smallest absolute Gasteiger partial charge is 0.338 e. The number of hydrogen-bond donors (Lipinski definition) is 0. The van der Waals surface area contributed by atoms with E-state index >= 15 is 0 Å². The minimum Gasteiger partial charge on any atom is -0.458 e. The number of fused-ring (bicyclic) bond motifs is 5. The van der Waals surface area contributed by atoms with Crippen molar-refractivity contribution in [2.75, 3.05) is 0 Å². The van der Waals surface area contributed by atoms with E-state index in [9.17, 15) is 9.59 Å². The van der Waals surface area contributed by atoms with Crippen molar-refractivity contribution in [2.45, 2.75) is 58.5 Å². The lowest BCUT2D eigenvalue weighted by atomic mass is 9.48. The first-order chi connectivity index (χ1) is 13.9. The van der Waals surface area contributed by atoms with Crippen LogP contribution in [0.4, 0.5) is 0 Å². The average Bonchev–Trinajstić information content (AvgIpc) is 3.05. The molecule has 0 spiro atoms. The highest BCUT2D eigenvalue weighted by Crippen LogP contribution is 2.64. The van der Waals surface area contributed by atoms with Gasteiger partial charge in [0.1, 0.15) is 6.10 Å². The molecule has 3 fully saturated rings. The second-order valence-electron chi connectivity index (χ2n) is 9.99. The molecule has 0 saturated heterocycles. The lowest BCUT2D eigenvalue weighted by Gasteiger charge is -2.56. The van der Waals surface area contributed by atoms with E-state index in [1.54, 1.807) is 6.08 Å². The predicted octanol–water partition coefficient (Wildman–Crippen LogP) is 5.52. The van der Waals surface area contributed by atoms with Crippen LogP contribution in [0.1, 0.15) is 62.7 Å². The van der Waals surface area contributed by atoms with Crippen molar-refractivity contribution in [1.82, 2.24) is 0 Å². The van der Waals surface area contributed by atoms with Gasteiger partial charge in [0.25, 0.3) is 0 Å². The molecule has 3 saturated carbocycles. The Morgan fingerprint density at radius 2 is 1.83 bits per heavy atom. The number of esters is 1. The molecule has 0 radical (unpaired) electrons. The minimum absolute atomic E-state index is 0.00868. The molecule has 3 nitrogen and oxygen atoms in total. The lowest BCUT2D eigenvalue weighted by Crippen LogP contribution is -2.51. The molecule has 5 rings (SSSR count). The second-order valence-corrected chi connectivity index (χ2v) is 9.99. The molecule has 0 heterocycles. The van der Waals surface area contributed by atoms with Crippen LogP contribution < -0.4 is 0 Å². The molecule has 3 heteroatoms. The summed E-state index contributed by atoms with van der Waals surface area (Å²) < 4.78 is 6.09. The monoisotopic (exact) mass is 390 g/mol. The summed E-state index contributed by atoms with van der Waals surface area (Å²) in [7, 11) is 0. The van der Waals surface area contributed by atoms with Crippen LogP contribution >= 0.6 is 0 Å². The van der Waals surface area contributed by atoms with Gasteiger partial charge in [0.15, 0.2) is 5.78 Å². The van der Waals surface area contributed by atoms with E-state index in [1.807, 2.05) is 36.4 Å². The SMILES string of the molecule is C[C@]12CC[C@@H]3[C@H](CCC4=CC(=O)C=C[C@@]43C)[C@H]1CC[C@H]2OC(=O)c1ccccc1. The summed E-state index contributed by atoms with van der Waals surface area (Å²) in [5, 5.41) is 0. The highest BCUT2D eigenvalue weighted by Gasteiger charge is 2.59. The summed E-state index contributed by atoms with van der Waals surface area (Å²) in [5.41, 5.74) is 2.07. The Labute approximate surface area is 173 Å². The zero-order valence-electron chi connectivity index (χ0n) is 17.4. The molecule has 152 valence electrons. The Kier molecular flexibility index (Phi) is 4.34. The van der Waals surface area contributed by atoms with Gasteiger partial charge >= 0.3 is 5.97 Å². The Balaban J connectivity index is 1.37. The van der Waals surface area contributed by atoms with Gasteiger partial charge in [-0.05, 0) is 80.6 Å². The predicted molar refractivity (Wildman–Crippen MR) is 112 cm³/mol. The highest BCUT2D eigenvalue weighted by molar-refractivity contribution is 6.01. The quantitative estimate of drug-likeness (QED) is 0.625. The number of carbonyl (C=O) groups is 2. The van der Waals surface area contributed by atoms with Gasteiger partial charge in [-0.15, -0.1) is 0 Å². The maximum absolute atomic E-state index is 12.7.